The molecule has 1 aliphatic heterocycles. The van der Waals surface area contributed by atoms with E-state index in [9.17, 15) is 4.39 Å². The largest absolute Gasteiger partial charge is 0.489 e. The van der Waals surface area contributed by atoms with Gasteiger partial charge in [0.05, 0.1) is 23.8 Å². The lowest BCUT2D eigenvalue weighted by Crippen LogP contribution is -2.44. The first kappa shape index (κ1) is 12.1. The summed E-state index contributed by atoms with van der Waals surface area (Å²) in [6.07, 6.45) is 3.27. The molecule has 5 heteroatoms. The van der Waals surface area contributed by atoms with Crippen molar-refractivity contribution in [1.29, 1.82) is 0 Å². The van der Waals surface area contributed by atoms with E-state index in [1.54, 1.807) is 0 Å². The number of ether oxygens (including phenoxy) is 2. The van der Waals surface area contributed by atoms with Gasteiger partial charge in [0.2, 0.25) is 0 Å². The summed E-state index contributed by atoms with van der Waals surface area (Å²) in [5.41, 5.74) is 5.96. The Morgan fingerprint density at radius 1 is 1.22 bits per heavy atom. The van der Waals surface area contributed by atoms with Crippen LogP contribution in [0.1, 0.15) is 31.2 Å². The van der Waals surface area contributed by atoms with Crippen LogP contribution in [0.25, 0.3) is 0 Å². The Morgan fingerprint density at radius 3 is 2.61 bits per heavy atom. The molecule has 1 fully saturated rings. The van der Waals surface area contributed by atoms with Crippen molar-refractivity contribution in [2.24, 2.45) is 5.73 Å². The summed E-state index contributed by atoms with van der Waals surface area (Å²) in [6, 6.07) is 1.48. The molecule has 0 atom stereocenters. The summed E-state index contributed by atoms with van der Waals surface area (Å²) in [7, 11) is 0. The topological polar surface area (TPSA) is 44.5 Å². The molecule has 2 N–H and O–H groups in total. The standard InChI is InChI=1S/C13H15ClFNO2/c14-8-7-9-12(18-6-2-5-17-9)10(11(8)15)13(16)3-1-4-13/h7H,1-6,16H2. The average Bonchev–Trinajstić information content (AvgIpc) is 2.53. The van der Waals surface area contributed by atoms with E-state index < -0.39 is 11.4 Å². The van der Waals surface area contributed by atoms with E-state index in [4.69, 9.17) is 26.8 Å². The molecule has 18 heavy (non-hydrogen) atoms. The number of benzene rings is 1. The van der Waals surface area contributed by atoms with E-state index in [0.29, 0.717) is 30.3 Å². The highest BCUT2D eigenvalue weighted by molar-refractivity contribution is 6.31. The van der Waals surface area contributed by atoms with Gasteiger partial charge >= 0.3 is 0 Å². The van der Waals surface area contributed by atoms with Crippen molar-refractivity contribution >= 4 is 11.6 Å². The SMILES string of the molecule is NC1(c2c(F)c(Cl)cc3c2OCCCO3)CCC1. The molecule has 1 saturated carbocycles. The van der Waals surface area contributed by atoms with Gasteiger partial charge in [-0.3, -0.25) is 0 Å². The fraction of sp³-hybridized carbons (Fsp3) is 0.538. The van der Waals surface area contributed by atoms with Crippen LogP contribution in [-0.2, 0) is 5.54 Å². The van der Waals surface area contributed by atoms with Crippen LogP contribution in [0.5, 0.6) is 11.5 Å². The third-order valence-electron chi connectivity index (χ3n) is 3.67. The van der Waals surface area contributed by atoms with Crippen LogP contribution in [0, 0.1) is 5.82 Å². The average molecular weight is 272 g/mol. The molecule has 0 spiro atoms. The molecule has 1 aromatic rings. The Kier molecular flexibility index (Phi) is 2.87. The van der Waals surface area contributed by atoms with E-state index in [2.05, 4.69) is 0 Å². The molecule has 1 aromatic carbocycles. The van der Waals surface area contributed by atoms with Gasteiger partial charge in [0.1, 0.15) is 0 Å². The summed E-state index contributed by atoms with van der Waals surface area (Å²) in [5, 5.41) is 0.0472. The minimum atomic E-state index is -0.660. The van der Waals surface area contributed by atoms with Crippen molar-refractivity contribution in [2.45, 2.75) is 31.2 Å². The Bertz CT molecular complexity index is 488. The number of hydrogen-bond donors (Lipinski definition) is 1. The Balaban J connectivity index is 2.18. The molecule has 98 valence electrons. The summed E-state index contributed by atoms with van der Waals surface area (Å²) < 4.78 is 25.5. The number of rotatable bonds is 1. The number of hydrogen-bond acceptors (Lipinski definition) is 3. The van der Waals surface area contributed by atoms with Gasteiger partial charge in [0.15, 0.2) is 17.3 Å². The molecule has 3 rings (SSSR count). The number of fused-ring (bicyclic) bond motifs is 1. The van der Waals surface area contributed by atoms with Crippen molar-refractivity contribution in [3.63, 3.8) is 0 Å². The second-order valence-corrected chi connectivity index (χ2v) is 5.34. The van der Waals surface area contributed by atoms with Gasteiger partial charge in [-0.05, 0) is 19.3 Å². The summed E-state index contributed by atoms with van der Waals surface area (Å²) >= 11 is 5.93. The summed E-state index contributed by atoms with van der Waals surface area (Å²) in [6.45, 7) is 1.06. The molecular weight excluding hydrogens is 257 g/mol. The highest BCUT2D eigenvalue weighted by atomic mass is 35.5. The van der Waals surface area contributed by atoms with Crippen molar-refractivity contribution in [2.75, 3.05) is 13.2 Å². The molecule has 0 aromatic heterocycles. The van der Waals surface area contributed by atoms with E-state index in [1.807, 2.05) is 0 Å². The van der Waals surface area contributed by atoms with Crippen LogP contribution in [0.4, 0.5) is 4.39 Å². The molecule has 3 nitrogen and oxygen atoms in total. The summed E-state index contributed by atoms with van der Waals surface area (Å²) in [4.78, 5) is 0. The first-order chi connectivity index (χ1) is 8.62. The molecule has 2 aliphatic rings. The van der Waals surface area contributed by atoms with Crippen molar-refractivity contribution in [1.82, 2.24) is 0 Å². The van der Waals surface area contributed by atoms with Gasteiger partial charge in [-0.15, -0.1) is 0 Å². The molecule has 0 amide bonds. The highest BCUT2D eigenvalue weighted by Crippen LogP contribution is 2.49. The predicted octanol–water partition coefficient (Wildman–Crippen LogP) is 2.98. The van der Waals surface area contributed by atoms with E-state index in [-0.39, 0.29) is 5.02 Å². The molecular formula is C13H15ClFNO2. The minimum Gasteiger partial charge on any atom is -0.489 e. The van der Waals surface area contributed by atoms with Crippen LogP contribution >= 0.6 is 11.6 Å². The van der Waals surface area contributed by atoms with Crippen LogP contribution in [-0.4, -0.2) is 13.2 Å². The van der Waals surface area contributed by atoms with Crippen LogP contribution in [0.15, 0.2) is 6.07 Å². The monoisotopic (exact) mass is 271 g/mol. The lowest BCUT2D eigenvalue weighted by Gasteiger charge is -2.39. The summed E-state index contributed by atoms with van der Waals surface area (Å²) in [5.74, 6) is 0.477. The van der Waals surface area contributed by atoms with Crippen molar-refractivity contribution in [3.05, 3.63) is 22.5 Å². The zero-order valence-corrected chi connectivity index (χ0v) is 10.7. The normalized spacial score (nSPS) is 21.1. The predicted molar refractivity (Wildman–Crippen MR) is 66.7 cm³/mol. The number of nitrogens with two attached hydrogens (primary N) is 1. The Hall–Kier alpha value is -1.00. The lowest BCUT2D eigenvalue weighted by molar-refractivity contribution is 0.228. The van der Waals surface area contributed by atoms with E-state index >= 15 is 0 Å². The first-order valence-electron chi connectivity index (χ1n) is 6.19. The maximum Gasteiger partial charge on any atom is 0.169 e. The van der Waals surface area contributed by atoms with Gasteiger partial charge in [0.25, 0.3) is 0 Å². The third-order valence-corrected chi connectivity index (χ3v) is 3.95. The Labute approximate surface area is 110 Å². The van der Waals surface area contributed by atoms with Crippen molar-refractivity contribution < 1.29 is 13.9 Å². The van der Waals surface area contributed by atoms with Crippen LogP contribution in [0.2, 0.25) is 5.02 Å². The van der Waals surface area contributed by atoms with Gasteiger partial charge < -0.3 is 15.2 Å². The third kappa shape index (κ3) is 1.75. The van der Waals surface area contributed by atoms with Gasteiger partial charge in [0, 0.05) is 18.0 Å². The van der Waals surface area contributed by atoms with Crippen LogP contribution < -0.4 is 15.2 Å². The quantitative estimate of drug-likeness (QED) is 0.854. The van der Waals surface area contributed by atoms with Gasteiger partial charge in [-0.2, -0.15) is 0 Å². The Morgan fingerprint density at radius 2 is 1.94 bits per heavy atom. The molecule has 0 saturated heterocycles. The smallest absolute Gasteiger partial charge is 0.169 e. The maximum absolute atomic E-state index is 14.3. The van der Waals surface area contributed by atoms with Crippen molar-refractivity contribution in [3.8, 4) is 11.5 Å². The van der Waals surface area contributed by atoms with Gasteiger partial charge in [-0.25, -0.2) is 4.39 Å². The first-order valence-corrected chi connectivity index (χ1v) is 6.56. The lowest BCUT2D eigenvalue weighted by atomic mass is 9.72. The molecule has 0 unspecified atom stereocenters. The number of halogens is 2. The van der Waals surface area contributed by atoms with Gasteiger partial charge in [-0.1, -0.05) is 11.6 Å². The molecule has 0 radical (unpaired) electrons. The maximum atomic E-state index is 14.3. The molecule has 1 heterocycles. The fourth-order valence-corrected chi connectivity index (χ4v) is 2.70. The second kappa shape index (κ2) is 4.28. The fourth-order valence-electron chi connectivity index (χ4n) is 2.50. The second-order valence-electron chi connectivity index (χ2n) is 4.93. The van der Waals surface area contributed by atoms with Crippen LogP contribution in [0.3, 0.4) is 0 Å². The zero-order chi connectivity index (χ0) is 12.8. The van der Waals surface area contributed by atoms with E-state index in [0.717, 1.165) is 25.7 Å². The van der Waals surface area contributed by atoms with E-state index in [1.165, 1.54) is 6.07 Å². The highest BCUT2D eigenvalue weighted by Gasteiger charge is 2.41. The molecule has 0 bridgehead atoms. The molecule has 1 aliphatic carbocycles. The minimum absolute atomic E-state index is 0.0472. The zero-order valence-electron chi connectivity index (χ0n) is 9.97.